The molecule has 2 aliphatic rings. The number of H-pyrrole nitrogens is 2. The maximum atomic E-state index is 11.2. The van der Waals surface area contributed by atoms with Crippen LogP contribution in [0.3, 0.4) is 0 Å². The van der Waals surface area contributed by atoms with Gasteiger partial charge < -0.3 is 15.1 Å². The summed E-state index contributed by atoms with van der Waals surface area (Å²) in [6.07, 6.45) is 8.42. The van der Waals surface area contributed by atoms with Crippen LogP contribution in [0.1, 0.15) is 47.8 Å². The minimum absolute atomic E-state index is 0.600. The normalized spacial score (nSPS) is 12.7. The van der Waals surface area contributed by atoms with Gasteiger partial charge in [0.05, 0.1) is 34.4 Å². The summed E-state index contributed by atoms with van der Waals surface area (Å²) in [6.45, 7) is 2.01. The number of hydrogen-bond donors (Lipinski definition) is 3. The Hall–Kier alpha value is -6.56. The average molecular weight is 673 g/mol. The Morgan fingerprint density at radius 1 is 0.519 bits per heavy atom. The van der Waals surface area contributed by atoms with Crippen molar-refractivity contribution < 1.29 is 5.11 Å². The Bertz CT molecular complexity index is 2670. The molecule has 0 aliphatic carbocycles. The van der Waals surface area contributed by atoms with E-state index in [0.717, 1.165) is 94.9 Å². The van der Waals surface area contributed by atoms with Crippen molar-refractivity contribution in [3.8, 4) is 44.5 Å². The van der Waals surface area contributed by atoms with Crippen molar-refractivity contribution in [3.63, 3.8) is 0 Å². The zero-order valence-corrected chi connectivity index (χ0v) is 28.7. The molecule has 5 heteroatoms. The predicted molar refractivity (Wildman–Crippen MR) is 216 cm³/mol. The second-order valence-corrected chi connectivity index (χ2v) is 13.1. The van der Waals surface area contributed by atoms with E-state index in [-0.39, 0.29) is 0 Å². The van der Waals surface area contributed by atoms with E-state index in [4.69, 9.17) is 9.97 Å². The monoisotopic (exact) mass is 672 g/mol. The van der Waals surface area contributed by atoms with Gasteiger partial charge in [0.2, 0.25) is 0 Å². The highest BCUT2D eigenvalue weighted by molar-refractivity contribution is 6.02. The number of aliphatic hydroxyl groups is 1. The number of rotatable bonds is 6. The van der Waals surface area contributed by atoms with Gasteiger partial charge in [-0.1, -0.05) is 122 Å². The molecule has 250 valence electrons. The van der Waals surface area contributed by atoms with Gasteiger partial charge in [0.1, 0.15) is 0 Å². The maximum absolute atomic E-state index is 11.2. The van der Waals surface area contributed by atoms with Crippen LogP contribution < -0.4 is 0 Å². The molecule has 8 bridgehead atoms. The Labute approximate surface area is 302 Å². The van der Waals surface area contributed by atoms with Crippen molar-refractivity contribution >= 4 is 46.4 Å². The highest BCUT2D eigenvalue weighted by Crippen LogP contribution is 2.41. The second kappa shape index (κ2) is 13.3. The Morgan fingerprint density at radius 3 is 1.65 bits per heavy atom. The van der Waals surface area contributed by atoms with Crippen molar-refractivity contribution in [1.29, 1.82) is 0 Å². The molecule has 7 aromatic rings. The molecule has 3 aromatic heterocycles. The summed E-state index contributed by atoms with van der Waals surface area (Å²) in [5.74, 6) is 0. The summed E-state index contributed by atoms with van der Waals surface area (Å²) >= 11 is 0. The van der Waals surface area contributed by atoms with Gasteiger partial charge in [0, 0.05) is 38.8 Å². The molecule has 0 radical (unpaired) electrons. The third-order valence-corrected chi connectivity index (χ3v) is 9.87. The van der Waals surface area contributed by atoms with Crippen LogP contribution in [-0.4, -0.2) is 25.0 Å². The van der Waals surface area contributed by atoms with E-state index in [1.54, 1.807) is 0 Å². The smallest absolute Gasteiger partial charge is 0.0793 e. The highest BCUT2D eigenvalue weighted by Gasteiger charge is 2.20. The number of fused-ring (bicyclic) bond motifs is 8. The van der Waals surface area contributed by atoms with E-state index in [0.29, 0.717) is 6.42 Å². The number of aliphatic hydroxyl groups excluding tert-OH is 1. The van der Waals surface area contributed by atoms with E-state index < -0.39 is 6.10 Å². The fourth-order valence-corrected chi connectivity index (χ4v) is 7.42. The minimum atomic E-state index is -0.600. The first-order chi connectivity index (χ1) is 25.6. The quantitative estimate of drug-likeness (QED) is 0.164. The average Bonchev–Trinajstić information content (AvgIpc) is 4.03. The van der Waals surface area contributed by atoms with E-state index >= 15 is 0 Å². The molecule has 1 atom stereocenters. The number of benzene rings is 4. The molecule has 52 heavy (non-hydrogen) atoms. The zero-order chi connectivity index (χ0) is 35.0. The van der Waals surface area contributed by atoms with E-state index in [2.05, 4.69) is 137 Å². The third kappa shape index (κ3) is 5.67. The Kier molecular flexibility index (Phi) is 8.03. The number of nitrogens with one attached hydrogen (secondary N) is 2. The summed E-state index contributed by atoms with van der Waals surface area (Å²) in [7, 11) is 0. The number of hydrogen-bond acceptors (Lipinski definition) is 3. The van der Waals surface area contributed by atoms with Gasteiger partial charge in [0.15, 0.2) is 0 Å². The van der Waals surface area contributed by atoms with Crippen molar-refractivity contribution in [2.24, 2.45) is 0 Å². The lowest BCUT2D eigenvalue weighted by Gasteiger charge is -2.14. The molecule has 0 fully saturated rings. The van der Waals surface area contributed by atoms with E-state index in [1.807, 2.05) is 43.3 Å². The first-order valence-electron chi connectivity index (χ1n) is 17.8. The molecule has 0 amide bonds. The minimum Gasteiger partial charge on any atom is -0.388 e. The molecular formula is C47H36N4O. The van der Waals surface area contributed by atoms with Crippen LogP contribution >= 0.6 is 0 Å². The summed E-state index contributed by atoms with van der Waals surface area (Å²) in [5.41, 5.74) is 16.3. The van der Waals surface area contributed by atoms with Crippen molar-refractivity contribution in [1.82, 2.24) is 19.9 Å². The summed E-state index contributed by atoms with van der Waals surface area (Å²) in [5, 5.41) is 11.2. The first-order valence-corrected chi connectivity index (χ1v) is 17.8. The molecule has 0 saturated heterocycles. The molecule has 5 nitrogen and oxygen atoms in total. The predicted octanol–water partition coefficient (Wildman–Crippen LogP) is 11.8. The van der Waals surface area contributed by atoms with Crippen LogP contribution in [0.4, 0.5) is 0 Å². The van der Waals surface area contributed by atoms with Crippen LogP contribution in [-0.2, 0) is 0 Å². The molecular weight excluding hydrogens is 637 g/mol. The van der Waals surface area contributed by atoms with Crippen LogP contribution in [0.25, 0.3) is 90.9 Å². The molecule has 0 saturated carbocycles. The van der Waals surface area contributed by atoms with Gasteiger partial charge in [-0.2, -0.15) is 0 Å². The molecule has 0 spiro atoms. The SMILES string of the molecule is CCC(O)c1ccccc1-c1cc2cc3nc(c(-c4ccccc4)c4ccc([nH]4)c(-c4ccccc4)c4nc(c(-c5ccccc5)c1[nH]2)C=C4)C=C3. The summed E-state index contributed by atoms with van der Waals surface area (Å²) < 4.78 is 0. The highest BCUT2D eigenvalue weighted by atomic mass is 16.3. The molecule has 9 rings (SSSR count). The fourth-order valence-electron chi connectivity index (χ4n) is 7.42. The lowest BCUT2D eigenvalue weighted by Crippen LogP contribution is -1.98. The fraction of sp³-hybridized carbons (Fsp3) is 0.0638. The number of aromatic amines is 2. The molecule has 1 unspecified atom stereocenters. The molecule has 5 heterocycles. The lowest BCUT2D eigenvalue weighted by molar-refractivity contribution is 0.174. The van der Waals surface area contributed by atoms with Crippen molar-refractivity contribution in [2.45, 2.75) is 19.4 Å². The standard InChI is InChI=1S/C47H36N4O/c1-2-43(52)36-21-13-12-20-35(36)37-29-34-28-33-22-23-38(48-33)44(30-14-6-3-7-15-30)39-24-25-40(50-39)45(31-16-8-4-9-17-31)41-26-27-42(51-41)46(47(37)49-34)32-18-10-5-11-19-32/h3-29,43,49-50,52H,2H2,1H3. The topological polar surface area (TPSA) is 77.6 Å². The van der Waals surface area contributed by atoms with Crippen LogP contribution in [0.2, 0.25) is 0 Å². The van der Waals surface area contributed by atoms with Crippen LogP contribution in [0.15, 0.2) is 140 Å². The van der Waals surface area contributed by atoms with Gasteiger partial charge in [-0.15, -0.1) is 0 Å². The van der Waals surface area contributed by atoms with Gasteiger partial charge in [0.25, 0.3) is 0 Å². The Morgan fingerprint density at radius 2 is 1.04 bits per heavy atom. The van der Waals surface area contributed by atoms with Gasteiger partial charge in [-0.05, 0) is 82.8 Å². The molecule has 3 N–H and O–H groups in total. The van der Waals surface area contributed by atoms with E-state index in [1.165, 1.54) is 0 Å². The van der Waals surface area contributed by atoms with Gasteiger partial charge in [-0.3, -0.25) is 0 Å². The van der Waals surface area contributed by atoms with Gasteiger partial charge >= 0.3 is 0 Å². The van der Waals surface area contributed by atoms with Crippen LogP contribution in [0, 0.1) is 0 Å². The zero-order valence-electron chi connectivity index (χ0n) is 28.7. The van der Waals surface area contributed by atoms with Crippen molar-refractivity contribution in [2.75, 3.05) is 0 Å². The second-order valence-electron chi connectivity index (χ2n) is 13.1. The number of aromatic nitrogens is 4. The van der Waals surface area contributed by atoms with Crippen molar-refractivity contribution in [3.05, 3.63) is 168 Å². The lowest BCUT2D eigenvalue weighted by atomic mass is 9.93. The largest absolute Gasteiger partial charge is 0.388 e. The number of nitrogens with zero attached hydrogens (tertiary/aromatic N) is 2. The summed E-state index contributed by atoms with van der Waals surface area (Å²) in [4.78, 5) is 18.2. The summed E-state index contributed by atoms with van der Waals surface area (Å²) in [6, 6.07) is 48.0. The molecule has 2 aliphatic heterocycles. The van der Waals surface area contributed by atoms with Crippen LogP contribution in [0.5, 0.6) is 0 Å². The third-order valence-electron chi connectivity index (χ3n) is 9.87. The molecule has 4 aromatic carbocycles. The van der Waals surface area contributed by atoms with E-state index in [9.17, 15) is 5.11 Å². The Balaban J connectivity index is 1.48. The first kappa shape index (κ1) is 31.4. The van der Waals surface area contributed by atoms with Gasteiger partial charge in [-0.25, -0.2) is 9.97 Å². The maximum Gasteiger partial charge on any atom is 0.0793 e.